The first-order chi connectivity index (χ1) is 10.6. The topological polar surface area (TPSA) is 58.4 Å². The number of benzene rings is 1. The maximum absolute atomic E-state index is 13.5. The van der Waals surface area contributed by atoms with E-state index in [-0.39, 0.29) is 36.7 Å². The number of hydrogen-bond acceptors (Lipinski definition) is 3. The van der Waals surface area contributed by atoms with Gasteiger partial charge in [-0.1, -0.05) is 24.6 Å². The Hall–Kier alpha value is -1.17. The van der Waals surface area contributed by atoms with Crippen LogP contribution in [0.3, 0.4) is 0 Å². The second kappa shape index (κ2) is 8.08. The van der Waals surface area contributed by atoms with E-state index in [9.17, 15) is 9.18 Å². The van der Waals surface area contributed by atoms with Crippen LogP contribution in [0.4, 0.5) is 4.39 Å². The Bertz CT molecular complexity index is 542. The smallest absolute Gasteiger partial charge is 0.234 e. The summed E-state index contributed by atoms with van der Waals surface area (Å²) in [6.45, 7) is 2.50. The van der Waals surface area contributed by atoms with E-state index in [1.54, 1.807) is 18.2 Å². The third-order valence-corrected chi connectivity index (χ3v) is 5.03. The minimum Gasteiger partial charge on any atom is -0.351 e. The van der Waals surface area contributed by atoms with Gasteiger partial charge in [-0.05, 0) is 30.7 Å². The molecule has 0 radical (unpaired) electrons. The lowest BCUT2D eigenvalue weighted by atomic mass is 9.78. The van der Waals surface area contributed by atoms with Crippen LogP contribution in [0, 0.1) is 17.7 Å². The molecule has 2 fully saturated rings. The number of nitrogens with one attached hydrogen (secondary N) is 1. The van der Waals surface area contributed by atoms with Crippen LogP contribution < -0.4 is 11.1 Å². The number of rotatable bonds is 4. The average Bonchev–Trinajstić information content (AvgIpc) is 2.90. The van der Waals surface area contributed by atoms with Crippen LogP contribution in [0.5, 0.6) is 0 Å². The van der Waals surface area contributed by atoms with Gasteiger partial charge >= 0.3 is 0 Å². The zero-order valence-electron chi connectivity index (χ0n) is 13.2. The highest BCUT2D eigenvalue weighted by atomic mass is 35.5. The molecular formula is C17H25ClFN3O. The number of carbonyl (C=O) groups is 1. The summed E-state index contributed by atoms with van der Waals surface area (Å²) in [5.41, 5.74) is 6.72. The molecule has 1 aliphatic heterocycles. The van der Waals surface area contributed by atoms with E-state index in [0.29, 0.717) is 23.9 Å². The quantitative estimate of drug-likeness (QED) is 0.879. The number of likely N-dealkylation sites (tertiary alicyclic amines) is 1. The molecule has 3 atom stereocenters. The van der Waals surface area contributed by atoms with Crippen molar-refractivity contribution in [3.05, 3.63) is 35.6 Å². The summed E-state index contributed by atoms with van der Waals surface area (Å²) in [6.07, 6.45) is 3.54. The molecule has 0 bridgehead atoms. The van der Waals surface area contributed by atoms with Gasteiger partial charge in [0, 0.05) is 31.2 Å². The van der Waals surface area contributed by atoms with Crippen molar-refractivity contribution in [3.8, 4) is 0 Å². The van der Waals surface area contributed by atoms with Gasteiger partial charge in [-0.25, -0.2) is 4.39 Å². The fourth-order valence-electron chi connectivity index (χ4n) is 3.83. The zero-order chi connectivity index (χ0) is 15.5. The van der Waals surface area contributed by atoms with Crippen molar-refractivity contribution in [3.63, 3.8) is 0 Å². The standard InChI is InChI=1S/C17H24FN3O.ClH/c18-15-6-2-1-4-12(15)8-20-17(22)11-21-9-13-5-3-7-16(19)14(13)10-21;/h1-2,4,6,13-14,16H,3,5,7-11,19H2,(H,20,22);1H. The van der Waals surface area contributed by atoms with E-state index in [1.165, 1.54) is 18.9 Å². The van der Waals surface area contributed by atoms with Gasteiger partial charge in [0.1, 0.15) is 5.82 Å². The van der Waals surface area contributed by atoms with Gasteiger partial charge in [0.15, 0.2) is 0 Å². The first-order valence-corrected chi connectivity index (χ1v) is 8.11. The highest BCUT2D eigenvalue weighted by Crippen LogP contribution is 2.35. The molecule has 6 heteroatoms. The molecule has 0 spiro atoms. The Balaban J connectivity index is 0.00000192. The number of halogens is 2. The summed E-state index contributed by atoms with van der Waals surface area (Å²) < 4.78 is 13.5. The number of nitrogens with zero attached hydrogens (tertiary/aromatic N) is 1. The van der Waals surface area contributed by atoms with Crippen LogP contribution in [0.25, 0.3) is 0 Å². The molecule has 1 amide bonds. The molecule has 1 saturated carbocycles. The molecule has 4 nitrogen and oxygen atoms in total. The van der Waals surface area contributed by atoms with Gasteiger partial charge < -0.3 is 11.1 Å². The van der Waals surface area contributed by atoms with E-state index < -0.39 is 0 Å². The highest BCUT2D eigenvalue weighted by Gasteiger charge is 2.38. The summed E-state index contributed by atoms with van der Waals surface area (Å²) in [7, 11) is 0. The van der Waals surface area contributed by atoms with E-state index in [2.05, 4.69) is 10.2 Å². The lowest BCUT2D eigenvalue weighted by Crippen LogP contribution is -2.39. The van der Waals surface area contributed by atoms with Crippen LogP contribution in [0.15, 0.2) is 24.3 Å². The molecule has 2 aliphatic rings. The Morgan fingerprint density at radius 1 is 1.30 bits per heavy atom. The van der Waals surface area contributed by atoms with E-state index in [4.69, 9.17) is 5.73 Å². The molecule has 3 unspecified atom stereocenters. The number of hydrogen-bond donors (Lipinski definition) is 2. The lowest BCUT2D eigenvalue weighted by Gasteiger charge is -2.29. The van der Waals surface area contributed by atoms with Crippen LogP contribution in [-0.2, 0) is 11.3 Å². The molecule has 1 aromatic carbocycles. The van der Waals surface area contributed by atoms with Crippen LogP contribution in [0.1, 0.15) is 24.8 Å². The van der Waals surface area contributed by atoms with Crippen molar-refractivity contribution in [2.24, 2.45) is 17.6 Å². The van der Waals surface area contributed by atoms with Gasteiger partial charge in [-0.3, -0.25) is 9.69 Å². The van der Waals surface area contributed by atoms with E-state index >= 15 is 0 Å². The summed E-state index contributed by atoms with van der Waals surface area (Å²) >= 11 is 0. The minimum atomic E-state index is -0.277. The zero-order valence-corrected chi connectivity index (χ0v) is 14.0. The molecule has 1 heterocycles. The van der Waals surface area contributed by atoms with Crippen molar-refractivity contribution in [2.45, 2.75) is 31.8 Å². The van der Waals surface area contributed by atoms with E-state index in [1.807, 2.05) is 0 Å². The summed E-state index contributed by atoms with van der Waals surface area (Å²) in [5, 5.41) is 2.81. The van der Waals surface area contributed by atoms with Gasteiger partial charge in [-0.15, -0.1) is 12.4 Å². The Labute approximate surface area is 143 Å². The minimum absolute atomic E-state index is 0. The van der Waals surface area contributed by atoms with Gasteiger partial charge in [0.2, 0.25) is 5.91 Å². The number of amides is 1. The van der Waals surface area contributed by atoms with Crippen molar-refractivity contribution in [2.75, 3.05) is 19.6 Å². The van der Waals surface area contributed by atoms with Crippen LogP contribution in [0.2, 0.25) is 0 Å². The average molecular weight is 342 g/mol. The van der Waals surface area contributed by atoms with Gasteiger partial charge in [0.05, 0.1) is 6.54 Å². The fourth-order valence-corrected chi connectivity index (χ4v) is 3.83. The van der Waals surface area contributed by atoms with Gasteiger partial charge in [0.25, 0.3) is 0 Å². The number of nitrogens with two attached hydrogens (primary N) is 1. The van der Waals surface area contributed by atoms with Crippen molar-refractivity contribution >= 4 is 18.3 Å². The molecule has 1 aliphatic carbocycles. The summed E-state index contributed by atoms with van der Waals surface area (Å²) in [6, 6.07) is 6.81. The van der Waals surface area contributed by atoms with Crippen LogP contribution in [-0.4, -0.2) is 36.5 Å². The Morgan fingerprint density at radius 3 is 2.83 bits per heavy atom. The first-order valence-electron chi connectivity index (χ1n) is 8.11. The Kier molecular flexibility index (Phi) is 6.39. The van der Waals surface area contributed by atoms with Crippen molar-refractivity contribution in [1.82, 2.24) is 10.2 Å². The maximum Gasteiger partial charge on any atom is 0.234 e. The molecule has 1 aromatic rings. The van der Waals surface area contributed by atoms with Crippen molar-refractivity contribution < 1.29 is 9.18 Å². The summed E-state index contributed by atoms with van der Waals surface area (Å²) in [4.78, 5) is 14.3. The largest absolute Gasteiger partial charge is 0.351 e. The third kappa shape index (κ3) is 4.43. The second-order valence-electron chi connectivity index (χ2n) is 6.58. The molecule has 0 aromatic heterocycles. The fraction of sp³-hybridized carbons (Fsp3) is 0.588. The molecule has 128 valence electrons. The van der Waals surface area contributed by atoms with Crippen molar-refractivity contribution in [1.29, 1.82) is 0 Å². The Morgan fingerprint density at radius 2 is 2.09 bits per heavy atom. The second-order valence-corrected chi connectivity index (χ2v) is 6.58. The number of fused-ring (bicyclic) bond motifs is 1. The third-order valence-electron chi connectivity index (χ3n) is 5.03. The number of carbonyl (C=O) groups excluding carboxylic acids is 1. The molecular weight excluding hydrogens is 317 g/mol. The SMILES string of the molecule is Cl.NC1CCCC2CN(CC(=O)NCc3ccccc3F)CC12. The van der Waals surface area contributed by atoms with E-state index in [0.717, 1.165) is 19.5 Å². The lowest BCUT2D eigenvalue weighted by molar-refractivity contribution is -0.122. The molecule has 3 rings (SSSR count). The molecule has 1 saturated heterocycles. The first kappa shape index (κ1) is 18.2. The monoisotopic (exact) mass is 341 g/mol. The van der Waals surface area contributed by atoms with Gasteiger partial charge in [-0.2, -0.15) is 0 Å². The maximum atomic E-state index is 13.5. The molecule has 23 heavy (non-hydrogen) atoms. The summed E-state index contributed by atoms with van der Waals surface area (Å²) in [5.74, 6) is 0.854. The normalized spacial score (nSPS) is 27.1. The van der Waals surface area contributed by atoms with Crippen LogP contribution >= 0.6 is 12.4 Å². The predicted octanol–water partition coefficient (Wildman–Crippen LogP) is 1.92. The predicted molar refractivity (Wildman–Crippen MR) is 90.7 cm³/mol. The highest BCUT2D eigenvalue weighted by molar-refractivity contribution is 5.85. The molecule has 3 N–H and O–H groups in total.